The lowest BCUT2D eigenvalue weighted by molar-refractivity contribution is -0.118. The molecule has 0 bridgehead atoms. The number of aromatic nitrogens is 1. The third-order valence-electron chi connectivity index (χ3n) is 5.60. The van der Waals surface area contributed by atoms with E-state index >= 15 is 0 Å². The van der Waals surface area contributed by atoms with E-state index in [0.29, 0.717) is 18.0 Å². The first-order chi connectivity index (χ1) is 14.3. The first kappa shape index (κ1) is 25.6. The molecule has 3 rings (SSSR count). The van der Waals surface area contributed by atoms with Gasteiger partial charge in [0.2, 0.25) is 5.91 Å². The van der Waals surface area contributed by atoms with Gasteiger partial charge in [-0.3, -0.25) is 9.69 Å². The van der Waals surface area contributed by atoms with Crippen LogP contribution in [0.2, 0.25) is 5.02 Å². The predicted octanol–water partition coefficient (Wildman–Crippen LogP) is 6.21. The number of thiazole rings is 1. The standard InChI is InChI=1S/C24H30ClN3OS.ClH/c1-6-27(7-2)12-13-28(21(29)15-19-14-16(3)8-9-17(19)4)24-26-22-18(5)10-11-20(25)23(22)30-24;/h8-11,14H,6-7,12-13,15H2,1-5H3;1H. The van der Waals surface area contributed by atoms with Crippen LogP contribution in [0.1, 0.15) is 36.1 Å². The second kappa shape index (κ2) is 11.3. The summed E-state index contributed by atoms with van der Waals surface area (Å²) in [5.74, 6) is 0.0729. The number of aryl methyl sites for hydroxylation is 3. The second-order valence-electron chi connectivity index (χ2n) is 7.72. The largest absolute Gasteiger partial charge is 0.302 e. The maximum absolute atomic E-state index is 13.5. The fourth-order valence-electron chi connectivity index (χ4n) is 3.56. The Morgan fingerprint density at radius 3 is 2.35 bits per heavy atom. The molecule has 1 heterocycles. The lowest BCUT2D eigenvalue weighted by Gasteiger charge is -2.25. The SMILES string of the molecule is CCN(CC)CCN(C(=O)Cc1cc(C)ccc1C)c1nc2c(C)ccc(Cl)c2s1.Cl. The van der Waals surface area contributed by atoms with Gasteiger partial charge in [-0.25, -0.2) is 4.98 Å². The summed E-state index contributed by atoms with van der Waals surface area (Å²) in [6, 6.07) is 10.2. The molecular weight excluding hydrogens is 449 g/mol. The molecule has 0 aliphatic carbocycles. The second-order valence-corrected chi connectivity index (χ2v) is 9.10. The molecule has 4 nitrogen and oxygen atoms in total. The van der Waals surface area contributed by atoms with E-state index in [1.165, 1.54) is 16.9 Å². The summed E-state index contributed by atoms with van der Waals surface area (Å²) in [6.07, 6.45) is 0.369. The summed E-state index contributed by atoms with van der Waals surface area (Å²) >= 11 is 7.93. The Morgan fingerprint density at radius 1 is 1.03 bits per heavy atom. The topological polar surface area (TPSA) is 36.4 Å². The zero-order valence-corrected chi connectivity index (χ0v) is 21.3. The number of carbonyl (C=O) groups is 1. The van der Waals surface area contributed by atoms with Crippen LogP contribution in [0.3, 0.4) is 0 Å². The number of halogens is 2. The highest BCUT2D eigenvalue weighted by Gasteiger charge is 2.22. The van der Waals surface area contributed by atoms with E-state index in [1.54, 1.807) is 0 Å². The van der Waals surface area contributed by atoms with Gasteiger partial charge in [-0.2, -0.15) is 0 Å². The smallest absolute Gasteiger partial charge is 0.233 e. The number of rotatable bonds is 8. The van der Waals surface area contributed by atoms with Crippen LogP contribution in [0.4, 0.5) is 5.13 Å². The van der Waals surface area contributed by atoms with Crippen LogP contribution in [-0.4, -0.2) is 42.0 Å². The normalized spacial score (nSPS) is 11.1. The molecule has 0 aliphatic heterocycles. The van der Waals surface area contributed by atoms with E-state index in [-0.39, 0.29) is 18.3 Å². The molecule has 168 valence electrons. The lowest BCUT2D eigenvalue weighted by atomic mass is 10.0. The molecule has 0 fully saturated rings. The van der Waals surface area contributed by atoms with Crippen molar-refractivity contribution < 1.29 is 4.79 Å². The minimum Gasteiger partial charge on any atom is -0.302 e. The molecule has 3 aromatic rings. The van der Waals surface area contributed by atoms with Gasteiger partial charge in [-0.15, -0.1) is 12.4 Å². The van der Waals surface area contributed by atoms with E-state index in [1.807, 2.05) is 24.0 Å². The first-order valence-electron chi connectivity index (χ1n) is 10.5. The maximum atomic E-state index is 13.5. The Kier molecular flexibility index (Phi) is 9.31. The minimum absolute atomic E-state index is 0. The van der Waals surface area contributed by atoms with Crippen LogP contribution in [0.5, 0.6) is 0 Å². The van der Waals surface area contributed by atoms with Crippen LogP contribution in [-0.2, 0) is 11.2 Å². The number of nitrogens with zero attached hydrogens (tertiary/aromatic N) is 3. The van der Waals surface area contributed by atoms with Crippen LogP contribution < -0.4 is 4.90 Å². The third kappa shape index (κ3) is 5.98. The van der Waals surface area contributed by atoms with Crippen molar-refractivity contribution in [1.82, 2.24) is 9.88 Å². The van der Waals surface area contributed by atoms with Crippen molar-refractivity contribution in [2.24, 2.45) is 0 Å². The predicted molar refractivity (Wildman–Crippen MR) is 136 cm³/mol. The average Bonchev–Trinajstić information content (AvgIpc) is 3.17. The summed E-state index contributed by atoms with van der Waals surface area (Å²) in [7, 11) is 0. The minimum atomic E-state index is 0. The Hall–Kier alpha value is -1.66. The van der Waals surface area contributed by atoms with Crippen LogP contribution in [0.25, 0.3) is 10.2 Å². The van der Waals surface area contributed by atoms with E-state index in [9.17, 15) is 4.79 Å². The van der Waals surface area contributed by atoms with E-state index < -0.39 is 0 Å². The zero-order chi connectivity index (χ0) is 21.8. The van der Waals surface area contributed by atoms with Crippen LogP contribution in [0.15, 0.2) is 30.3 Å². The van der Waals surface area contributed by atoms with Gasteiger partial charge in [0.1, 0.15) is 0 Å². The van der Waals surface area contributed by atoms with Gasteiger partial charge in [0, 0.05) is 13.1 Å². The molecule has 31 heavy (non-hydrogen) atoms. The highest BCUT2D eigenvalue weighted by Crippen LogP contribution is 2.35. The number of carbonyl (C=O) groups excluding carboxylic acids is 1. The first-order valence-corrected chi connectivity index (χ1v) is 11.7. The molecule has 1 aromatic heterocycles. The van der Waals surface area contributed by atoms with Gasteiger partial charge in [0.25, 0.3) is 0 Å². The summed E-state index contributed by atoms with van der Waals surface area (Å²) in [5.41, 5.74) is 5.34. The summed E-state index contributed by atoms with van der Waals surface area (Å²) < 4.78 is 0.944. The third-order valence-corrected chi connectivity index (χ3v) is 7.14. The molecular formula is C24H31Cl2N3OS. The van der Waals surface area contributed by atoms with Crippen molar-refractivity contribution in [3.8, 4) is 0 Å². The molecule has 1 amide bonds. The summed E-state index contributed by atoms with van der Waals surface area (Å²) in [6.45, 7) is 13.8. The molecule has 0 unspecified atom stereocenters. The number of hydrogen-bond donors (Lipinski definition) is 0. The molecule has 0 saturated carbocycles. The highest BCUT2D eigenvalue weighted by atomic mass is 35.5. The van der Waals surface area contributed by atoms with Crippen molar-refractivity contribution >= 4 is 56.6 Å². The Bertz CT molecular complexity index is 1010. The average molecular weight is 481 g/mol. The number of benzene rings is 2. The monoisotopic (exact) mass is 479 g/mol. The number of hydrogen-bond acceptors (Lipinski definition) is 4. The molecule has 0 radical (unpaired) electrons. The molecule has 0 atom stereocenters. The molecule has 0 spiro atoms. The maximum Gasteiger partial charge on any atom is 0.233 e. The molecule has 0 aliphatic rings. The van der Waals surface area contributed by atoms with Crippen molar-refractivity contribution in [3.63, 3.8) is 0 Å². The van der Waals surface area contributed by atoms with E-state index in [0.717, 1.165) is 51.7 Å². The lowest BCUT2D eigenvalue weighted by Crippen LogP contribution is -2.39. The van der Waals surface area contributed by atoms with Crippen LogP contribution >= 0.6 is 35.3 Å². The van der Waals surface area contributed by atoms with Gasteiger partial charge in [0.15, 0.2) is 5.13 Å². The molecule has 2 aromatic carbocycles. The van der Waals surface area contributed by atoms with Crippen molar-refractivity contribution in [2.45, 2.75) is 41.0 Å². The van der Waals surface area contributed by atoms with Gasteiger partial charge in [0.05, 0.1) is 21.7 Å². The van der Waals surface area contributed by atoms with Crippen LogP contribution in [0, 0.1) is 20.8 Å². The molecule has 0 N–H and O–H groups in total. The van der Waals surface area contributed by atoms with Gasteiger partial charge < -0.3 is 4.90 Å². The fourth-order valence-corrected chi connectivity index (χ4v) is 4.92. The Morgan fingerprint density at radius 2 is 1.71 bits per heavy atom. The number of fused-ring (bicyclic) bond motifs is 1. The number of anilines is 1. The fraction of sp³-hybridized carbons (Fsp3) is 0.417. The Labute approximate surface area is 200 Å². The van der Waals surface area contributed by atoms with Crippen molar-refractivity contribution in [3.05, 3.63) is 57.6 Å². The highest BCUT2D eigenvalue weighted by molar-refractivity contribution is 7.23. The van der Waals surface area contributed by atoms with E-state index in [4.69, 9.17) is 16.6 Å². The quantitative estimate of drug-likeness (QED) is 0.384. The Balaban J connectivity index is 0.00000341. The number of amides is 1. The summed E-state index contributed by atoms with van der Waals surface area (Å²) in [5, 5.41) is 1.41. The zero-order valence-electron chi connectivity index (χ0n) is 18.9. The number of likely N-dealkylation sites (N-methyl/N-ethyl adjacent to an activating group) is 1. The van der Waals surface area contributed by atoms with Gasteiger partial charge >= 0.3 is 0 Å². The van der Waals surface area contributed by atoms with Gasteiger partial charge in [-0.05, 0) is 56.6 Å². The van der Waals surface area contributed by atoms with Crippen molar-refractivity contribution in [1.29, 1.82) is 0 Å². The molecule has 0 saturated heterocycles. The molecule has 7 heteroatoms. The van der Waals surface area contributed by atoms with Gasteiger partial charge in [-0.1, -0.05) is 66.6 Å². The van der Waals surface area contributed by atoms with Crippen molar-refractivity contribution in [2.75, 3.05) is 31.1 Å². The summed E-state index contributed by atoms with van der Waals surface area (Å²) in [4.78, 5) is 22.5. The van der Waals surface area contributed by atoms with E-state index in [2.05, 4.69) is 50.8 Å².